The van der Waals surface area contributed by atoms with E-state index >= 15 is 0 Å². The summed E-state index contributed by atoms with van der Waals surface area (Å²) in [6.07, 6.45) is -0.924. The van der Waals surface area contributed by atoms with Crippen LogP contribution < -0.4 is 19.1 Å². The van der Waals surface area contributed by atoms with E-state index in [1.54, 1.807) is 14.2 Å². The summed E-state index contributed by atoms with van der Waals surface area (Å²) in [5.74, 6) is 1.95. The Hall–Kier alpha value is -4.03. The lowest BCUT2D eigenvalue weighted by atomic mass is 9.84. The number of piperidine rings is 1. The van der Waals surface area contributed by atoms with Crippen molar-refractivity contribution >= 4 is 11.8 Å². The fourth-order valence-corrected chi connectivity index (χ4v) is 6.13. The molecule has 5 rings (SSSR count). The largest absolute Gasteiger partial charge is 0.496 e. The molecular weight excluding hydrogens is 604 g/mol. The van der Waals surface area contributed by atoms with Crippen molar-refractivity contribution in [2.75, 3.05) is 71.7 Å². The summed E-state index contributed by atoms with van der Waals surface area (Å²) < 4.78 is 34.6. The van der Waals surface area contributed by atoms with Crippen LogP contribution in [0.1, 0.15) is 35.4 Å². The summed E-state index contributed by atoms with van der Waals surface area (Å²) in [5.41, 5.74) is 3.83. The van der Waals surface area contributed by atoms with Crippen molar-refractivity contribution in [3.8, 4) is 17.2 Å². The van der Waals surface area contributed by atoms with Gasteiger partial charge in [0.2, 0.25) is 0 Å². The third kappa shape index (κ3) is 9.29. The van der Waals surface area contributed by atoms with Crippen molar-refractivity contribution < 1.29 is 43.4 Å². The smallest absolute Gasteiger partial charge is 0.407 e. The Morgan fingerprint density at radius 2 is 1.79 bits per heavy atom. The maximum atomic E-state index is 11.9. The normalized spacial score (nSPS) is 19.2. The van der Waals surface area contributed by atoms with Crippen LogP contribution in [0.15, 0.2) is 66.7 Å². The molecule has 47 heavy (non-hydrogen) atoms. The molecule has 0 radical (unpaired) electrons. The second-order valence-electron chi connectivity index (χ2n) is 11.7. The highest BCUT2D eigenvalue weighted by Crippen LogP contribution is 2.35. The van der Waals surface area contributed by atoms with E-state index in [-0.39, 0.29) is 19.7 Å². The quantitative estimate of drug-likeness (QED) is 0.206. The van der Waals surface area contributed by atoms with Crippen LogP contribution >= 0.6 is 0 Å². The monoisotopic (exact) mass is 650 g/mol. The lowest BCUT2D eigenvalue weighted by Crippen LogP contribution is -2.53. The van der Waals surface area contributed by atoms with Gasteiger partial charge in [-0.2, -0.15) is 0 Å². The molecule has 0 aromatic heterocycles. The van der Waals surface area contributed by atoms with Crippen LogP contribution in [-0.2, 0) is 27.4 Å². The third-order valence-electron chi connectivity index (χ3n) is 8.53. The van der Waals surface area contributed by atoms with E-state index in [4.69, 9.17) is 28.4 Å². The van der Waals surface area contributed by atoms with Crippen LogP contribution in [0.25, 0.3) is 0 Å². The fourth-order valence-electron chi connectivity index (χ4n) is 6.13. The SMILES string of the molecule is COCCCN1CCOc2ccc(COC3CN(C(=O)O)CC(O)C3c3ccc(OCCCOCc4ccccc4OC)cc3)cc21. The molecule has 2 N–H and O–H groups in total. The average molecular weight is 651 g/mol. The van der Waals surface area contributed by atoms with Crippen LogP contribution in [0.3, 0.4) is 0 Å². The number of nitrogens with zero attached hydrogens (tertiary/aromatic N) is 2. The van der Waals surface area contributed by atoms with E-state index in [0.29, 0.717) is 38.8 Å². The second-order valence-corrected chi connectivity index (χ2v) is 11.7. The average Bonchev–Trinajstić information content (AvgIpc) is 3.09. The number of carboxylic acid groups (broad SMARTS) is 1. The van der Waals surface area contributed by atoms with Crippen molar-refractivity contribution in [3.63, 3.8) is 0 Å². The first-order valence-corrected chi connectivity index (χ1v) is 16.2. The number of hydrogen-bond donors (Lipinski definition) is 2. The minimum absolute atomic E-state index is 0.0135. The Labute approximate surface area is 276 Å². The molecule has 0 bridgehead atoms. The number of methoxy groups -OCH3 is 2. The zero-order valence-corrected chi connectivity index (χ0v) is 27.2. The molecule has 3 unspecified atom stereocenters. The number of fused-ring (bicyclic) bond motifs is 1. The number of aliphatic hydroxyl groups is 1. The summed E-state index contributed by atoms with van der Waals surface area (Å²) in [6, 6.07) is 21.4. The van der Waals surface area contributed by atoms with Crippen LogP contribution in [0.5, 0.6) is 17.2 Å². The van der Waals surface area contributed by atoms with Gasteiger partial charge in [-0.15, -0.1) is 0 Å². The van der Waals surface area contributed by atoms with Gasteiger partial charge in [0.15, 0.2) is 0 Å². The van der Waals surface area contributed by atoms with Crippen molar-refractivity contribution in [1.29, 1.82) is 0 Å². The topological polar surface area (TPSA) is 119 Å². The number of para-hydroxylation sites is 1. The molecule has 2 aliphatic rings. The summed E-state index contributed by atoms with van der Waals surface area (Å²) in [7, 11) is 3.35. The molecule has 2 aliphatic heterocycles. The van der Waals surface area contributed by atoms with E-state index in [1.807, 2.05) is 60.7 Å². The van der Waals surface area contributed by atoms with Gasteiger partial charge in [-0.3, -0.25) is 0 Å². The van der Waals surface area contributed by atoms with Gasteiger partial charge in [0.05, 0.1) is 71.1 Å². The molecule has 11 nitrogen and oxygen atoms in total. The standard InChI is InChI=1S/C36H46N2O9/c1-42-17-5-15-37-16-20-46-33-14-9-26(21-30(33)37)24-47-34-23-38(36(40)41)22-31(39)35(34)27-10-12-29(13-11-27)45-19-6-18-44-25-28-7-3-4-8-32(28)43-2/h3-4,7-14,21,31,34-35,39H,5-6,15-20,22-25H2,1-2H3,(H,40,41). The number of likely N-dealkylation sites (tertiary alicyclic amines) is 1. The number of amides is 1. The van der Waals surface area contributed by atoms with Crippen LogP contribution in [0, 0.1) is 0 Å². The van der Waals surface area contributed by atoms with E-state index in [0.717, 1.165) is 59.8 Å². The molecular formula is C36H46N2O9. The second kappa shape index (κ2) is 17.2. The predicted molar refractivity (Wildman–Crippen MR) is 177 cm³/mol. The molecule has 0 spiro atoms. The van der Waals surface area contributed by atoms with Crippen LogP contribution in [0.2, 0.25) is 0 Å². The van der Waals surface area contributed by atoms with E-state index in [1.165, 1.54) is 4.90 Å². The number of rotatable bonds is 16. The molecule has 2 heterocycles. The van der Waals surface area contributed by atoms with Gasteiger partial charge < -0.3 is 48.4 Å². The zero-order chi connectivity index (χ0) is 33.0. The first kappa shape index (κ1) is 34.3. The highest BCUT2D eigenvalue weighted by molar-refractivity contribution is 5.65. The molecule has 1 fully saturated rings. The molecule has 3 atom stereocenters. The summed E-state index contributed by atoms with van der Waals surface area (Å²) >= 11 is 0. The number of benzene rings is 3. The van der Waals surface area contributed by atoms with Gasteiger partial charge in [0.25, 0.3) is 0 Å². The van der Waals surface area contributed by atoms with Crippen molar-refractivity contribution in [2.45, 2.75) is 44.2 Å². The maximum Gasteiger partial charge on any atom is 0.407 e. The van der Waals surface area contributed by atoms with Gasteiger partial charge in [-0.05, 0) is 47.9 Å². The molecule has 3 aromatic rings. The molecule has 254 valence electrons. The highest BCUT2D eigenvalue weighted by Gasteiger charge is 2.39. The summed E-state index contributed by atoms with van der Waals surface area (Å²) in [6.45, 7) is 4.92. The summed E-state index contributed by atoms with van der Waals surface area (Å²) in [5, 5.41) is 20.9. The first-order chi connectivity index (χ1) is 23.0. The number of aliphatic hydroxyl groups excluding tert-OH is 1. The van der Waals surface area contributed by atoms with E-state index < -0.39 is 24.2 Å². The molecule has 11 heteroatoms. The first-order valence-electron chi connectivity index (χ1n) is 16.2. The Kier molecular flexibility index (Phi) is 12.6. The van der Waals surface area contributed by atoms with Gasteiger partial charge in [0.1, 0.15) is 23.9 Å². The Bertz CT molecular complexity index is 1420. The van der Waals surface area contributed by atoms with Crippen molar-refractivity contribution in [1.82, 2.24) is 4.90 Å². The number of anilines is 1. The van der Waals surface area contributed by atoms with Crippen LogP contribution in [0.4, 0.5) is 10.5 Å². The predicted octanol–water partition coefficient (Wildman–Crippen LogP) is 4.94. The summed E-state index contributed by atoms with van der Waals surface area (Å²) in [4.78, 5) is 15.4. The minimum Gasteiger partial charge on any atom is -0.496 e. The molecule has 3 aromatic carbocycles. The Morgan fingerprint density at radius 1 is 0.957 bits per heavy atom. The third-order valence-corrected chi connectivity index (χ3v) is 8.53. The highest BCUT2D eigenvalue weighted by atomic mass is 16.5. The number of hydrogen-bond acceptors (Lipinski definition) is 9. The molecule has 1 amide bonds. The van der Waals surface area contributed by atoms with Gasteiger partial charge in [-0.25, -0.2) is 4.79 Å². The number of β-amino-alcohol motifs (C(OH)–C–C–N with tert-alkyl or cyclic N) is 1. The van der Waals surface area contributed by atoms with Gasteiger partial charge >= 0.3 is 6.09 Å². The molecule has 0 saturated carbocycles. The Morgan fingerprint density at radius 3 is 2.57 bits per heavy atom. The van der Waals surface area contributed by atoms with Crippen molar-refractivity contribution in [3.05, 3.63) is 83.4 Å². The number of carbonyl (C=O) groups is 1. The van der Waals surface area contributed by atoms with Crippen LogP contribution in [-0.4, -0.2) is 100 Å². The van der Waals surface area contributed by atoms with Gasteiger partial charge in [0, 0.05) is 38.2 Å². The zero-order valence-electron chi connectivity index (χ0n) is 27.2. The lowest BCUT2D eigenvalue weighted by molar-refractivity contribution is -0.0660. The minimum atomic E-state index is -1.08. The van der Waals surface area contributed by atoms with Crippen molar-refractivity contribution in [2.24, 2.45) is 0 Å². The molecule has 0 aliphatic carbocycles. The fraction of sp³-hybridized carbons (Fsp3) is 0.472. The maximum absolute atomic E-state index is 11.9. The lowest BCUT2D eigenvalue weighted by Gasteiger charge is -2.40. The van der Waals surface area contributed by atoms with E-state index in [9.17, 15) is 15.0 Å². The number of ether oxygens (including phenoxy) is 6. The Balaban J connectivity index is 1.17. The van der Waals surface area contributed by atoms with E-state index in [2.05, 4.69) is 11.0 Å². The molecule has 1 saturated heterocycles. The van der Waals surface area contributed by atoms with Gasteiger partial charge in [-0.1, -0.05) is 36.4 Å².